The molecule has 2 aromatic rings. The van der Waals surface area contributed by atoms with E-state index in [0.29, 0.717) is 6.61 Å². The second kappa shape index (κ2) is 15.8. The summed E-state index contributed by atoms with van der Waals surface area (Å²) in [6.07, 6.45) is 1.76. The van der Waals surface area contributed by atoms with Gasteiger partial charge < -0.3 is 34.7 Å². The molecule has 1 atom stereocenters. The summed E-state index contributed by atoms with van der Waals surface area (Å²) >= 11 is 12.6. The molecule has 0 aliphatic rings. The van der Waals surface area contributed by atoms with Gasteiger partial charge in [0.1, 0.15) is 11.1 Å². The summed E-state index contributed by atoms with van der Waals surface area (Å²) in [5.74, 6) is -1.91. The summed E-state index contributed by atoms with van der Waals surface area (Å²) in [6.45, 7) is 6.34. The van der Waals surface area contributed by atoms with E-state index in [9.17, 15) is 14.7 Å². The molecule has 0 unspecified atom stereocenters. The van der Waals surface area contributed by atoms with Crippen LogP contribution in [0, 0.1) is 0 Å². The zero-order chi connectivity index (χ0) is 28.1. The van der Waals surface area contributed by atoms with Crippen molar-refractivity contribution < 1.29 is 33.6 Å². The molecular weight excluding hydrogens is 535 g/mol. The highest BCUT2D eigenvalue weighted by molar-refractivity contribution is 6.39. The molecule has 0 saturated heterocycles. The van der Waals surface area contributed by atoms with Gasteiger partial charge in [-0.3, -0.25) is 4.79 Å². The fourth-order valence-electron chi connectivity index (χ4n) is 3.21. The van der Waals surface area contributed by atoms with Crippen molar-refractivity contribution in [3.63, 3.8) is 0 Å². The maximum absolute atomic E-state index is 13.1. The SMILES string of the molecule is CNCCCCOc1c(Cl)cc(C(=O)N[C@H](Cc2ccccc2)C(=O)OCOCOC(C)(C)C)c(O)c1Cl. The second-order valence-electron chi connectivity index (χ2n) is 9.43. The monoisotopic (exact) mass is 570 g/mol. The van der Waals surface area contributed by atoms with Crippen LogP contribution in [0.3, 0.4) is 0 Å². The van der Waals surface area contributed by atoms with Gasteiger partial charge in [0.2, 0.25) is 0 Å². The van der Waals surface area contributed by atoms with E-state index in [1.165, 1.54) is 6.07 Å². The number of carbonyl (C=O) groups excluding carboxylic acids is 2. The predicted molar refractivity (Wildman–Crippen MR) is 146 cm³/mol. The lowest BCUT2D eigenvalue weighted by Gasteiger charge is -2.21. The first-order valence-corrected chi connectivity index (χ1v) is 13.0. The van der Waals surface area contributed by atoms with Gasteiger partial charge in [-0.1, -0.05) is 53.5 Å². The molecule has 0 aromatic heterocycles. The molecule has 2 aromatic carbocycles. The van der Waals surface area contributed by atoms with Crippen LogP contribution in [0.1, 0.15) is 49.5 Å². The third-order valence-corrected chi connectivity index (χ3v) is 5.83. The number of aromatic hydroxyl groups is 1. The summed E-state index contributed by atoms with van der Waals surface area (Å²) in [6, 6.07) is 9.26. The van der Waals surface area contributed by atoms with E-state index in [1.807, 2.05) is 58.2 Å². The van der Waals surface area contributed by atoms with Crippen molar-refractivity contribution in [1.29, 1.82) is 0 Å². The topological polar surface area (TPSA) is 115 Å². The number of hydrogen-bond acceptors (Lipinski definition) is 8. The van der Waals surface area contributed by atoms with E-state index in [-0.39, 0.29) is 41.4 Å². The highest BCUT2D eigenvalue weighted by Crippen LogP contribution is 2.42. The average Bonchev–Trinajstić information content (AvgIpc) is 2.87. The first-order chi connectivity index (χ1) is 18.0. The lowest BCUT2D eigenvalue weighted by molar-refractivity contribution is -0.182. The number of esters is 1. The van der Waals surface area contributed by atoms with Gasteiger partial charge in [0.05, 0.1) is 22.8 Å². The molecule has 2 rings (SSSR count). The van der Waals surface area contributed by atoms with Crippen LogP contribution < -0.4 is 15.4 Å². The fraction of sp³-hybridized carbons (Fsp3) is 0.481. The van der Waals surface area contributed by atoms with Crippen molar-refractivity contribution >= 4 is 35.1 Å². The van der Waals surface area contributed by atoms with Crippen LogP contribution in [0.2, 0.25) is 10.0 Å². The molecule has 38 heavy (non-hydrogen) atoms. The Kier molecular flexibility index (Phi) is 13.1. The number of amides is 1. The van der Waals surface area contributed by atoms with Gasteiger partial charge in [-0.25, -0.2) is 4.79 Å². The van der Waals surface area contributed by atoms with E-state index in [2.05, 4.69) is 10.6 Å². The summed E-state index contributed by atoms with van der Waals surface area (Å²) in [7, 11) is 1.86. The number of carbonyl (C=O) groups is 2. The van der Waals surface area contributed by atoms with Gasteiger partial charge in [0, 0.05) is 6.42 Å². The molecule has 0 bridgehead atoms. The minimum atomic E-state index is -1.09. The standard InChI is InChI=1S/C27H36Cl2N2O7/c1-27(2,3)38-17-35-16-37-26(34)21(14-18-10-6-5-7-11-18)31-25(33)19-15-20(28)24(22(29)23(19)32)36-13-9-8-12-30-4/h5-7,10-11,15,21,30,32H,8-9,12-14,16-17H2,1-4H3,(H,31,33)/t21-/m1/s1. The van der Waals surface area contributed by atoms with Crippen molar-refractivity contribution in [2.75, 3.05) is 33.8 Å². The van der Waals surface area contributed by atoms with E-state index in [4.69, 9.17) is 42.1 Å². The van der Waals surface area contributed by atoms with E-state index in [0.717, 1.165) is 24.9 Å². The van der Waals surface area contributed by atoms with E-state index < -0.39 is 29.3 Å². The maximum atomic E-state index is 13.1. The zero-order valence-electron chi connectivity index (χ0n) is 22.1. The number of ether oxygens (including phenoxy) is 4. The van der Waals surface area contributed by atoms with Crippen molar-refractivity contribution in [2.45, 2.75) is 51.7 Å². The highest BCUT2D eigenvalue weighted by atomic mass is 35.5. The highest BCUT2D eigenvalue weighted by Gasteiger charge is 2.27. The van der Waals surface area contributed by atoms with E-state index in [1.54, 1.807) is 0 Å². The summed E-state index contributed by atoms with van der Waals surface area (Å²) in [5, 5.41) is 16.1. The van der Waals surface area contributed by atoms with Gasteiger partial charge >= 0.3 is 5.97 Å². The van der Waals surface area contributed by atoms with E-state index >= 15 is 0 Å². The third-order valence-electron chi connectivity index (χ3n) is 5.19. The number of nitrogens with one attached hydrogen (secondary N) is 2. The molecule has 11 heteroatoms. The molecule has 0 heterocycles. The molecule has 9 nitrogen and oxygen atoms in total. The molecule has 1 amide bonds. The molecule has 0 spiro atoms. The number of hydrogen-bond donors (Lipinski definition) is 3. The third kappa shape index (κ3) is 10.7. The van der Waals surface area contributed by atoms with Crippen LogP contribution in [0.25, 0.3) is 0 Å². The largest absolute Gasteiger partial charge is 0.505 e. The average molecular weight is 571 g/mol. The van der Waals surface area contributed by atoms with Crippen LogP contribution in [-0.4, -0.2) is 62.4 Å². The maximum Gasteiger partial charge on any atom is 0.331 e. The Morgan fingerprint density at radius 1 is 1.08 bits per heavy atom. The van der Waals surface area contributed by atoms with Crippen LogP contribution >= 0.6 is 23.2 Å². The van der Waals surface area contributed by atoms with Gasteiger partial charge in [0.15, 0.2) is 25.1 Å². The van der Waals surface area contributed by atoms with Gasteiger partial charge in [-0.05, 0) is 58.8 Å². The quantitative estimate of drug-likeness (QED) is 0.160. The van der Waals surface area contributed by atoms with Crippen LogP contribution in [0.5, 0.6) is 11.5 Å². The lowest BCUT2D eigenvalue weighted by Crippen LogP contribution is -2.43. The summed E-state index contributed by atoms with van der Waals surface area (Å²) in [4.78, 5) is 26.0. The Hall–Kier alpha value is -2.56. The molecular formula is C27H36Cl2N2O7. The predicted octanol–water partition coefficient (Wildman–Crippen LogP) is 4.71. The molecule has 0 fully saturated rings. The number of phenols is 1. The number of unbranched alkanes of at least 4 members (excludes halogenated alkanes) is 1. The van der Waals surface area contributed by atoms with Gasteiger partial charge in [-0.2, -0.15) is 0 Å². The first-order valence-electron chi connectivity index (χ1n) is 12.2. The normalized spacial score (nSPS) is 12.2. The molecule has 0 aliphatic carbocycles. The Bertz CT molecular complexity index is 1050. The molecule has 210 valence electrons. The van der Waals surface area contributed by atoms with Gasteiger partial charge in [0.25, 0.3) is 5.91 Å². The Balaban J connectivity index is 2.11. The smallest absolute Gasteiger partial charge is 0.331 e. The van der Waals surface area contributed by atoms with Crippen molar-refractivity contribution in [2.24, 2.45) is 0 Å². The molecule has 3 N–H and O–H groups in total. The molecule has 0 radical (unpaired) electrons. The second-order valence-corrected chi connectivity index (χ2v) is 10.2. The Labute approximate surface area is 233 Å². The Morgan fingerprint density at radius 3 is 2.45 bits per heavy atom. The minimum absolute atomic E-state index is 0.0565. The number of rotatable bonds is 15. The van der Waals surface area contributed by atoms with Crippen molar-refractivity contribution in [3.05, 3.63) is 57.6 Å². The van der Waals surface area contributed by atoms with Gasteiger partial charge in [-0.15, -0.1) is 0 Å². The van der Waals surface area contributed by atoms with Crippen molar-refractivity contribution in [1.82, 2.24) is 10.6 Å². The first kappa shape index (κ1) is 31.7. The zero-order valence-corrected chi connectivity index (χ0v) is 23.7. The molecule has 0 aliphatic heterocycles. The number of halogens is 2. The summed E-state index contributed by atoms with van der Waals surface area (Å²) in [5.41, 5.74) is 0.170. The van der Waals surface area contributed by atoms with Crippen LogP contribution in [-0.2, 0) is 25.4 Å². The Morgan fingerprint density at radius 2 is 1.79 bits per heavy atom. The number of benzene rings is 2. The fourth-order valence-corrected chi connectivity index (χ4v) is 3.77. The number of phenolic OH excluding ortho intramolecular Hbond substituents is 1. The van der Waals surface area contributed by atoms with Crippen molar-refractivity contribution in [3.8, 4) is 11.5 Å². The molecule has 0 saturated carbocycles. The van der Waals surface area contributed by atoms with Crippen LogP contribution in [0.4, 0.5) is 0 Å². The minimum Gasteiger partial charge on any atom is -0.505 e. The summed E-state index contributed by atoms with van der Waals surface area (Å²) < 4.78 is 21.5. The van der Waals surface area contributed by atoms with Crippen LogP contribution in [0.15, 0.2) is 36.4 Å². The lowest BCUT2D eigenvalue weighted by atomic mass is 10.1.